The van der Waals surface area contributed by atoms with E-state index in [4.69, 9.17) is 23.2 Å². The summed E-state index contributed by atoms with van der Waals surface area (Å²) in [6, 6.07) is 6.85. The Labute approximate surface area is 204 Å². The van der Waals surface area contributed by atoms with Crippen LogP contribution in [0.4, 0.5) is 5.69 Å². The van der Waals surface area contributed by atoms with Crippen molar-refractivity contribution < 1.29 is 4.79 Å². The number of halogens is 3. The fourth-order valence-electron chi connectivity index (χ4n) is 2.94. The van der Waals surface area contributed by atoms with Crippen LogP contribution in [0.15, 0.2) is 39.4 Å². The zero-order chi connectivity index (χ0) is 21.4. The normalized spacial score (nSPS) is 11.2. The van der Waals surface area contributed by atoms with Gasteiger partial charge in [-0.05, 0) is 65.2 Å². The summed E-state index contributed by atoms with van der Waals surface area (Å²) in [5, 5.41) is 5.54. The third-order valence-electron chi connectivity index (χ3n) is 4.37. The summed E-state index contributed by atoms with van der Waals surface area (Å²) in [4.78, 5) is 22.4. The molecule has 0 bridgehead atoms. The average Bonchev–Trinajstić information content (AvgIpc) is 3.18. The van der Waals surface area contributed by atoms with E-state index in [1.807, 2.05) is 6.07 Å². The molecule has 3 heterocycles. The van der Waals surface area contributed by atoms with Gasteiger partial charge in [0.05, 0.1) is 34.8 Å². The third-order valence-corrected chi connectivity index (χ3v) is 9.34. The van der Waals surface area contributed by atoms with Gasteiger partial charge in [0, 0.05) is 16.6 Å². The summed E-state index contributed by atoms with van der Waals surface area (Å²) >= 11 is 20.4. The molecule has 0 saturated carbocycles. The second kappa shape index (κ2) is 9.14. The maximum atomic E-state index is 12.3. The van der Waals surface area contributed by atoms with Gasteiger partial charge in [0.15, 0.2) is 5.16 Å². The van der Waals surface area contributed by atoms with Crippen LogP contribution in [0.3, 0.4) is 0 Å². The number of thiophene rings is 2. The molecule has 0 saturated heterocycles. The number of rotatable bonds is 5. The molecule has 4 aromatic rings. The zero-order valence-electron chi connectivity index (χ0n) is 15.8. The highest BCUT2D eigenvalue weighted by atomic mass is 79.9. The predicted molar refractivity (Wildman–Crippen MR) is 134 cm³/mol. The summed E-state index contributed by atoms with van der Waals surface area (Å²) in [5.41, 5.74) is 3.88. The fraction of sp³-hybridized carbons (Fsp3) is 0.150. The van der Waals surface area contributed by atoms with Crippen molar-refractivity contribution in [3.63, 3.8) is 0 Å². The molecule has 154 valence electrons. The molecule has 0 aliphatic carbocycles. The molecule has 4 nitrogen and oxygen atoms in total. The van der Waals surface area contributed by atoms with Gasteiger partial charge in [-0.25, -0.2) is 9.97 Å². The number of nitrogens with zero attached hydrogens (tertiary/aromatic N) is 2. The van der Waals surface area contributed by atoms with Gasteiger partial charge in [-0.1, -0.05) is 35.0 Å². The van der Waals surface area contributed by atoms with Gasteiger partial charge < -0.3 is 5.32 Å². The van der Waals surface area contributed by atoms with Crippen molar-refractivity contribution in [3.8, 4) is 10.6 Å². The molecular formula is C20H14BrCl2N3OS3. The van der Waals surface area contributed by atoms with E-state index in [2.05, 4.69) is 45.1 Å². The van der Waals surface area contributed by atoms with E-state index in [1.165, 1.54) is 36.1 Å². The number of aryl methyl sites for hydroxylation is 2. The first-order valence-corrected chi connectivity index (χ1v) is 12.9. The maximum absolute atomic E-state index is 12.3. The van der Waals surface area contributed by atoms with E-state index in [1.54, 1.807) is 47.1 Å². The summed E-state index contributed by atoms with van der Waals surface area (Å²) < 4.78 is 2.45. The molecule has 0 atom stereocenters. The lowest BCUT2D eigenvalue weighted by Gasteiger charge is -2.07. The lowest BCUT2D eigenvalue weighted by Crippen LogP contribution is -2.14. The van der Waals surface area contributed by atoms with Gasteiger partial charge >= 0.3 is 0 Å². The van der Waals surface area contributed by atoms with Gasteiger partial charge in [-0.15, -0.1) is 22.7 Å². The minimum absolute atomic E-state index is 0.174. The van der Waals surface area contributed by atoms with E-state index < -0.39 is 0 Å². The fourth-order valence-corrected chi connectivity index (χ4v) is 7.59. The second-order valence-electron chi connectivity index (χ2n) is 6.40. The quantitative estimate of drug-likeness (QED) is 0.200. The van der Waals surface area contributed by atoms with Crippen LogP contribution in [-0.4, -0.2) is 21.6 Å². The summed E-state index contributed by atoms with van der Waals surface area (Å²) in [7, 11) is 0. The van der Waals surface area contributed by atoms with E-state index in [0.717, 1.165) is 10.6 Å². The van der Waals surface area contributed by atoms with Crippen LogP contribution in [0.25, 0.3) is 20.0 Å². The van der Waals surface area contributed by atoms with Crippen molar-refractivity contribution in [2.24, 2.45) is 0 Å². The van der Waals surface area contributed by atoms with Gasteiger partial charge in [0.2, 0.25) is 5.91 Å². The number of anilines is 1. The Balaban J connectivity index is 1.49. The molecule has 1 aromatic carbocycles. The Hall–Kier alpha value is -1.16. The van der Waals surface area contributed by atoms with Crippen LogP contribution in [0.1, 0.15) is 11.1 Å². The Bertz CT molecular complexity index is 1270. The summed E-state index contributed by atoms with van der Waals surface area (Å²) in [6.07, 6.45) is 1.73. The Morgan fingerprint density at radius 2 is 2.00 bits per heavy atom. The highest BCUT2D eigenvalue weighted by Crippen LogP contribution is 2.46. The van der Waals surface area contributed by atoms with Gasteiger partial charge in [0.25, 0.3) is 0 Å². The lowest BCUT2D eigenvalue weighted by atomic mass is 10.1. The number of hydrogen-bond donors (Lipinski definition) is 1. The topological polar surface area (TPSA) is 54.9 Å². The van der Waals surface area contributed by atoms with Crippen molar-refractivity contribution in [2.45, 2.75) is 19.0 Å². The van der Waals surface area contributed by atoms with Crippen LogP contribution in [-0.2, 0) is 4.79 Å². The number of carbonyl (C=O) groups excluding carboxylic acids is 1. The van der Waals surface area contributed by atoms with E-state index >= 15 is 0 Å². The minimum atomic E-state index is -0.188. The summed E-state index contributed by atoms with van der Waals surface area (Å²) in [6.45, 7) is 4.25. The minimum Gasteiger partial charge on any atom is -0.324 e. The molecule has 4 rings (SSSR count). The molecule has 0 unspecified atom stereocenters. The lowest BCUT2D eigenvalue weighted by molar-refractivity contribution is -0.113. The number of thioether (sulfide) groups is 1. The van der Waals surface area contributed by atoms with Gasteiger partial charge in [-0.2, -0.15) is 0 Å². The molecule has 0 aliphatic rings. The molecule has 10 heteroatoms. The van der Waals surface area contributed by atoms with Crippen LogP contribution >= 0.6 is 73.6 Å². The number of carbonyl (C=O) groups is 1. The summed E-state index contributed by atoms with van der Waals surface area (Å²) in [5.74, 6) is -0.0148. The van der Waals surface area contributed by atoms with Crippen molar-refractivity contribution in [3.05, 3.63) is 55.4 Å². The largest absolute Gasteiger partial charge is 0.324 e. The highest BCUT2D eigenvalue weighted by Gasteiger charge is 2.18. The highest BCUT2D eigenvalue weighted by molar-refractivity contribution is 9.11. The monoisotopic (exact) mass is 557 g/mol. The van der Waals surface area contributed by atoms with Gasteiger partial charge in [-0.3, -0.25) is 4.79 Å². The van der Waals surface area contributed by atoms with E-state index in [9.17, 15) is 4.79 Å². The van der Waals surface area contributed by atoms with Gasteiger partial charge in [0.1, 0.15) is 0 Å². The average molecular weight is 559 g/mol. The number of amides is 1. The second-order valence-corrected chi connectivity index (χ2v) is 11.8. The van der Waals surface area contributed by atoms with Crippen LogP contribution < -0.4 is 5.32 Å². The van der Waals surface area contributed by atoms with Crippen molar-refractivity contribution >= 4 is 94.6 Å². The Kier molecular flexibility index (Phi) is 6.72. The van der Waals surface area contributed by atoms with E-state index in [0.29, 0.717) is 20.9 Å². The van der Waals surface area contributed by atoms with Crippen molar-refractivity contribution in [2.75, 3.05) is 11.1 Å². The third kappa shape index (κ3) is 4.54. The van der Waals surface area contributed by atoms with E-state index in [-0.39, 0.29) is 11.7 Å². The molecule has 30 heavy (non-hydrogen) atoms. The van der Waals surface area contributed by atoms with Crippen LogP contribution in [0, 0.1) is 13.8 Å². The first-order chi connectivity index (χ1) is 14.3. The molecule has 3 aromatic heterocycles. The van der Waals surface area contributed by atoms with Crippen LogP contribution in [0.2, 0.25) is 10.0 Å². The first kappa shape index (κ1) is 22.0. The van der Waals surface area contributed by atoms with Crippen molar-refractivity contribution in [1.82, 2.24) is 9.97 Å². The Morgan fingerprint density at radius 3 is 2.73 bits per heavy atom. The molecule has 0 aliphatic heterocycles. The smallest absolute Gasteiger partial charge is 0.234 e. The van der Waals surface area contributed by atoms with Crippen LogP contribution in [0.5, 0.6) is 0 Å². The maximum Gasteiger partial charge on any atom is 0.234 e. The molecule has 0 radical (unpaired) electrons. The Morgan fingerprint density at radius 1 is 1.20 bits per heavy atom. The predicted octanol–water partition coefficient (Wildman–Crippen LogP) is 7.84. The first-order valence-electron chi connectivity index (χ1n) is 8.72. The molecule has 1 N–H and O–H groups in total. The molecule has 0 spiro atoms. The van der Waals surface area contributed by atoms with Crippen molar-refractivity contribution in [1.29, 1.82) is 0 Å². The molecular weight excluding hydrogens is 545 g/mol. The number of benzene rings is 1. The number of hydrogen-bond acceptors (Lipinski definition) is 6. The number of fused-ring (bicyclic) bond motifs is 1. The SMILES string of the molecule is Cc1c(Br)sc2sc(-c3ccnc(SCC(=O)Nc4ccc(Cl)cc4Cl)n3)c(C)c12. The number of aromatic nitrogens is 2. The molecule has 1 amide bonds. The molecule has 0 fully saturated rings. The number of nitrogens with one attached hydrogen (secondary N) is 1. The zero-order valence-corrected chi connectivity index (χ0v) is 21.3. The standard InChI is InChI=1S/C20H14BrCl2N3OS3/c1-9-16-10(2)18(21)30-19(16)29-17(9)14-5-6-24-20(26-14)28-8-15(27)25-13-4-3-11(22)7-12(13)23/h3-7H,8H2,1-2H3,(H,25,27).